The lowest BCUT2D eigenvalue weighted by atomic mass is 9.52. The highest BCUT2D eigenvalue weighted by Gasteiger charge is 2.59. The van der Waals surface area contributed by atoms with Crippen molar-refractivity contribution in [3.05, 3.63) is 11.6 Å². The van der Waals surface area contributed by atoms with E-state index in [-0.39, 0.29) is 18.6 Å². The van der Waals surface area contributed by atoms with Gasteiger partial charge in [-0.3, -0.25) is 4.79 Å². The third-order valence-electron chi connectivity index (χ3n) is 5.14. The van der Waals surface area contributed by atoms with E-state index in [0.717, 1.165) is 0 Å². The molecule has 0 amide bonds. The van der Waals surface area contributed by atoms with Gasteiger partial charge in [0.2, 0.25) is 0 Å². The average molecular weight is 268 g/mol. The zero-order chi connectivity index (χ0) is 14.6. The summed E-state index contributed by atoms with van der Waals surface area (Å²) in [7, 11) is 0. The Hall–Kier alpha value is -0.710. The van der Waals surface area contributed by atoms with E-state index < -0.39 is 28.6 Å². The van der Waals surface area contributed by atoms with Crippen LogP contribution in [0.25, 0.3) is 0 Å². The predicted octanol–water partition coefficient (Wildman–Crippen LogP) is 1.18. The van der Waals surface area contributed by atoms with Crippen molar-refractivity contribution in [1.82, 2.24) is 0 Å². The third kappa shape index (κ3) is 2.16. The molecule has 0 aromatic carbocycles. The molecule has 4 heteroatoms. The summed E-state index contributed by atoms with van der Waals surface area (Å²) in [5.74, 6) is -0.402. The van der Waals surface area contributed by atoms with E-state index in [2.05, 4.69) is 0 Å². The normalized spacial score (nSPS) is 43.7. The number of hydrogen-bond acceptors (Lipinski definition) is 4. The van der Waals surface area contributed by atoms with Gasteiger partial charge in [0.15, 0.2) is 5.78 Å². The van der Waals surface area contributed by atoms with Gasteiger partial charge in [-0.05, 0) is 45.3 Å². The molecule has 0 unspecified atom stereocenters. The van der Waals surface area contributed by atoms with Crippen molar-refractivity contribution in [3.63, 3.8) is 0 Å². The van der Waals surface area contributed by atoms with Gasteiger partial charge >= 0.3 is 0 Å². The summed E-state index contributed by atoms with van der Waals surface area (Å²) < 4.78 is 0. The average Bonchev–Trinajstić information content (AvgIpc) is 2.19. The van der Waals surface area contributed by atoms with Crippen LogP contribution in [0.2, 0.25) is 0 Å². The van der Waals surface area contributed by atoms with E-state index in [1.165, 1.54) is 6.08 Å². The number of allylic oxidation sites excluding steroid dienone is 1. The van der Waals surface area contributed by atoms with Crippen LogP contribution in [-0.2, 0) is 4.79 Å². The smallest absolute Gasteiger partial charge is 0.156 e. The zero-order valence-electron chi connectivity index (χ0n) is 12.1. The number of fused-ring (bicyclic) bond motifs is 1. The molecule has 4 nitrogen and oxygen atoms in total. The molecule has 1 fully saturated rings. The van der Waals surface area contributed by atoms with Crippen molar-refractivity contribution in [2.24, 2.45) is 11.3 Å². The molecule has 0 aromatic rings. The van der Waals surface area contributed by atoms with Crippen LogP contribution >= 0.6 is 0 Å². The van der Waals surface area contributed by atoms with Gasteiger partial charge in [0.25, 0.3) is 0 Å². The molecule has 2 rings (SSSR count). The zero-order valence-corrected chi connectivity index (χ0v) is 12.1. The molecule has 0 heterocycles. The molecule has 0 bridgehead atoms. The second-order valence-electron chi connectivity index (χ2n) is 7.13. The first kappa shape index (κ1) is 14.7. The Balaban J connectivity index is 2.44. The molecular formula is C15H24O4. The Morgan fingerprint density at radius 2 is 1.95 bits per heavy atom. The molecular weight excluding hydrogens is 244 g/mol. The van der Waals surface area contributed by atoms with Crippen molar-refractivity contribution in [1.29, 1.82) is 0 Å². The van der Waals surface area contributed by atoms with Crippen molar-refractivity contribution in [3.8, 4) is 0 Å². The van der Waals surface area contributed by atoms with Gasteiger partial charge in [0.1, 0.15) is 0 Å². The molecule has 0 saturated heterocycles. The summed E-state index contributed by atoms with van der Waals surface area (Å²) in [6, 6.07) is 0. The first-order valence-electron chi connectivity index (χ1n) is 6.84. The van der Waals surface area contributed by atoms with Gasteiger partial charge in [-0.2, -0.15) is 0 Å². The monoisotopic (exact) mass is 268 g/mol. The topological polar surface area (TPSA) is 77.8 Å². The Bertz CT molecular complexity index is 434. The fourth-order valence-electron chi connectivity index (χ4n) is 3.85. The van der Waals surface area contributed by atoms with Crippen LogP contribution in [0.15, 0.2) is 11.6 Å². The largest absolute Gasteiger partial charge is 0.393 e. The maximum atomic E-state index is 11.7. The summed E-state index contributed by atoms with van der Waals surface area (Å²) in [5, 5.41) is 31.5. The van der Waals surface area contributed by atoms with Crippen LogP contribution < -0.4 is 0 Å². The first-order chi connectivity index (χ1) is 8.49. The summed E-state index contributed by atoms with van der Waals surface area (Å²) >= 11 is 0. The minimum absolute atomic E-state index is 0.00131. The number of aliphatic hydroxyl groups excluding tert-OH is 1. The van der Waals surface area contributed by atoms with Crippen molar-refractivity contribution < 1.29 is 20.1 Å². The van der Waals surface area contributed by atoms with E-state index in [1.807, 2.05) is 6.92 Å². The van der Waals surface area contributed by atoms with Crippen LogP contribution in [0.5, 0.6) is 0 Å². The Kier molecular flexibility index (Phi) is 3.20. The summed E-state index contributed by atoms with van der Waals surface area (Å²) in [5.41, 5.74) is -2.18. The Labute approximate surface area is 114 Å². The van der Waals surface area contributed by atoms with Gasteiger partial charge in [-0.25, -0.2) is 0 Å². The number of aliphatic hydroxyl groups is 3. The molecule has 3 N–H and O–H groups in total. The first-order valence-corrected chi connectivity index (χ1v) is 6.84. The van der Waals surface area contributed by atoms with Crippen LogP contribution in [0, 0.1) is 11.3 Å². The molecule has 2 aliphatic carbocycles. The summed E-state index contributed by atoms with van der Waals surface area (Å²) in [4.78, 5) is 11.7. The van der Waals surface area contributed by atoms with Crippen LogP contribution in [0.4, 0.5) is 0 Å². The summed E-state index contributed by atoms with van der Waals surface area (Å²) in [6.07, 6.45) is 1.65. The van der Waals surface area contributed by atoms with Gasteiger partial charge in [0, 0.05) is 17.8 Å². The minimum atomic E-state index is -1.12. The van der Waals surface area contributed by atoms with Crippen LogP contribution in [0.3, 0.4) is 0 Å². The standard InChI is InChI=1S/C15H24O4/c1-9-5-10(16)6-14(4)8-12(17)11(13(2,3)18)7-15(9,14)19/h5,11-12,17-19H,6-8H2,1-4H3/t11-,12-,14-,15-/m1/s1. The third-order valence-corrected chi connectivity index (χ3v) is 5.14. The van der Waals surface area contributed by atoms with Gasteiger partial charge in [-0.1, -0.05) is 6.92 Å². The highest BCUT2D eigenvalue weighted by molar-refractivity contribution is 5.92. The molecule has 0 spiro atoms. The molecule has 108 valence electrons. The van der Waals surface area contributed by atoms with E-state index in [9.17, 15) is 20.1 Å². The maximum absolute atomic E-state index is 11.7. The minimum Gasteiger partial charge on any atom is -0.393 e. The second-order valence-corrected chi connectivity index (χ2v) is 7.13. The lowest BCUT2D eigenvalue weighted by Crippen LogP contribution is -2.61. The lowest BCUT2D eigenvalue weighted by molar-refractivity contribution is -0.178. The number of hydrogen-bond donors (Lipinski definition) is 3. The molecule has 19 heavy (non-hydrogen) atoms. The number of carbonyl (C=O) groups excluding carboxylic acids is 1. The van der Waals surface area contributed by atoms with Crippen LogP contribution in [0.1, 0.15) is 47.0 Å². The molecule has 0 aliphatic heterocycles. The van der Waals surface area contributed by atoms with E-state index in [0.29, 0.717) is 12.0 Å². The molecule has 0 aromatic heterocycles. The van der Waals surface area contributed by atoms with Crippen molar-refractivity contribution >= 4 is 5.78 Å². The second kappa shape index (κ2) is 4.14. The fourth-order valence-corrected chi connectivity index (χ4v) is 3.85. The van der Waals surface area contributed by atoms with E-state index in [1.54, 1.807) is 20.8 Å². The number of rotatable bonds is 1. The number of ketones is 1. The SMILES string of the molecule is CC1=CC(=O)C[C@]2(C)C[C@@H](O)[C@H](C(C)(C)O)C[C@@]12O. The van der Waals surface area contributed by atoms with E-state index in [4.69, 9.17) is 0 Å². The van der Waals surface area contributed by atoms with E-state index >= 15 is 0 Å². The summed E-state index contributed by atoms with van der Waals surface area (Å²) in [6.45, 7) is 6.92. The Morgan fingerprint density at radius 1 is 1.37 bits per heavy atom. The van der Waals surface area contributed by atoms with Crippen molar-refractivity contribution in [2.45, 2.75) is 64.3 Å². The lowest BCUT2D eigenvalue weighted by Gasteiger charge is -2.56. The molecule has 2 aliphatic rings. The van der Waals surface area contributed by atoms with Gasteiger partial charge in [-0.15, -0.1) is 0 Å². The highest BCUT2D eigenvalue weighted by Crippen LogP contribution is 2.55. The quantitative estimate of drug-likeness (QED) is 0.667. The maximum Gasteiger partial charge on any atom is 0.156 e. The number of carbonyl (C=O) groups is 1. The predicted molar refractivity (Wildman–Crippen MR) is 71.5 cm³/mol. The molecule has 0 radical (unpaired) electrons. The Morgan fingerprint density at radius 3 is 2.47 bits per heavy atom. The van der Waals surface area contributed by atoms with Crippen molar-refractivity contribution in [2.75, 3.05) is 0 Å². The van der Waals surface area contributed by atoms with Gasteiger partial charge in [0.05, 0.1) is 17.3 Å². The van der Waals surface area contributed by atoms with Gasteiger partial charge < -0.3 is 15.3 Å². The fraction of sp³-hybridized carbons (Fsp3) is 0.800. The molecule has 4 atom stereocenters. The highest BCUT2D eigenvalue weighted by atomic mass is 16.3. The van der Waals surface area contributed by atoms with Crippen LogP contribution in [-0.4, -0.2) is 38.4 Å². The molecule has 1 saturated carbocycles.